The smallest absolute Gasteiger partial charge is 0.179 e. The lowest BCUT2D eigenvalue weighted by molar-refractivity contribution is 0.0895. The minimum Gasteiger partial charge on any atom is -0.394 e. The van der Waals surface area contributed by atoms with Gasteiger partial charge in [-0.1, -0.05) is 6.92 Å². The summed E-state index contributed by atoms with van der Waals surface area (Å²) in [6, 6.07) is 7.65. The first-order chi connectivity index (χ1) is 9.93. The van der Waals surface area contributed by atoms with Crippen molar-refractivity contribution in [3.8, 4) is 6.07 Å². The van der Waals surface area contributed by atoms with Crippen LogP contribution in [-0.2, 0) is 9.84 Å². The van der Waals surface area contributed by atoms with Crippen molar-refractivity contribution in [1.82, 2.24) is 5.32 Å². The van der Waals surface area contributed by atoms with Crippen LogP contribution in [0, 0.1) is 11.3 Å². The number of sulfone groups is 1. The first-order valence-corrected chi connectivity index (χ1v) is 8.28. The standard InChI is InChI=1S/C14H20N2O4S/c1-2-14(10-17,11-18)16-7-8-21(19,20)13-5-3-12(9-15)4-6-13/h3-6,16-18H,2,7-8,10-11H2,1H3. The molecule has 0 heterocycles. The summed E-state index contributed by atoms with van der Waals surface area (Å²) in [7, 11) is -3.47. The zero-order valence-corrected chi connectivity index (χ0v) is 12.7. The third-order valence-corrected chi connectivity index (χ3v) is 5.23. The maximum atomic E-state index is 12.1. The maximum absolute atomic E-state index is 12.1. The molecule has 0 aromatic heterocycles. The van der Waals surface area contributed by atoms with E-state index in [1.54, 1.807) is 6.92 Å². The van der Waals surface area contributed by atoms with E-state index in [0.717, 1.165) is 0 Å². The molecule has 0 radical (unpaired) electrons. The number of hydrogen-bond donors (Lipinski definition) is 3. The second-order valence-corrected chi connectivity index (χ2v) is 6.94. The Morgan fingerprint density at radius 3 is 2.24 bits per heavy atom. The average Bonchev–Trinajstić information content (AvgIpc) is 2.52. The van der Waals surface area contributed by atoms with Gasteiger partial charge in [0.25, 0.3) is 0 Å². The Balaban J connectivity index is 2.71. The third kappa shape index (κ3) is 4.51. The van der Waals surface area contributed by atoms with Crippen molar-refractivity contribution < 1.29 is 18.6 Å². The number of rotatable bonds is 8. The largest absolute Gasteiger partial charge is 0.394 e. The van der Waals surface area contributed by atoms with Crippen molar-refractivity contribution in [1.29, 1.82) is 5.26 Å². The van der Waals surface area contributed by atoms with Crippen molar-refractivity contribution in [2.45, 2.75) is 23.8 Å². The summed E-state index contributed by atoms with van der Waals surface area (Å²) < 4.78 is 24.3. The second kappa shape index (κ2) is 7.52. The van der Waals surface area contributed by atoms with Gasteiger partial charge in [0.1, 0.15) is 0 Å². The molecule has 0 aliphatic carbocycles. The topological polar surface area (TPSA) is 110 Å². The summed E-state index contributed by atoms with van der Waals surface area (Å²) in [5.41, 5.74) is -0.460. The number of nitrogens with zero attached hydrogens (tertiary/aromatic N) is 1. The lowest BCUT2D eigenvalue weighted by Crippen LogP contribution is -2.52. The van der Waals surface area contributed by atoms with Crippen molar-refractivity contribution in [3.05, 3.63) is 29.8 Å². The summed E-state index contributed by atoms with van der Waals surface area (Å²) in [5, 5.41) is 30.1. The Morgan fingerprint density at radius 1 is 1.24 bits per heavy atom. The summed E-state index contributed by atoms with van der Waals surface area (Å²) in [4.78, 5) is 0.151. The molecule has 116 valence electrons. The number of nitriles is 1. The van der Waals surface area contributed by atoms with E-state index in [9.17, 15) is 18.6 Å². The quantitative estimate of drug-likeness (QED) is 0.626. The van der Waals surface area contributed by atoms with Gasteiger partial charge in [-0.25, -0.2) is 8.42 Å². The summed E-state index contributed by atoms with van der Waals surface area (Å²) >= 11 is 0. The van der Waals surface area contributed by atoms with Gasteiger partial charge in [0, 0.05) is 6.54 Å². The fourth-order valence-corrected chi connectivity index (χ4v) is 2.97. The molecule has 0 bridgehead atoms. The van der Waals surface area contributed by atoms with Gasteiger partial charge in [0.05, 0.1) is 41.0 Å². The highest BCUT2D eigenvalue weighted by molar-refractivity contribution is 7.91. The van der Waals surface area contributed by atoms with E-state index in [4.69, 9.17) is 5.26 Å². The van der Waals surface area contributed by atoms with Crippen LogP contribution in [0.2, 0.25) is 0 Å². The van der Waals surface area contributed by atoms with E-state index in [1.807, 2.05) is 6.07 Å². The van der Waals surface area contributed by atoms with E-state index in [1.165, 1.54) is 24.3 Å². The average molecular weight is 312 g/mol. The number of hydrogen-bond acceptors (Lipinski definition) is 6. The lowest BCUT2D eigenvalue weighted by Gasteiger charge is -2.29. The van der Waals surface area contributed by atoms with Crippen LogP contribution in [0.4, 0.5) is 0 Å². The SMILES string of the molecule is CCC(CO)(CO)NCCS(=O)(=O)c1ccc(C#N)cc1. The Morgan fingerprint density at radius 2 is 1.81 bits per heavy atom. The van der Waals surface area contributed by atoms with Gasteiger partial charge in [-0.05, 0) is 30.7 Å². The fraction of sp³-hybridized carbons (Fsp3) is 0.500. The predicted octanol–water partition coefficient (Wildman–Crippen LogP) is 0.0550. The molecule has 0 aliphatic rings. The molecule has 7 heteroatoms. The molecule has 0 aliphatic heterocycles. The Bertz CT molecular complexity index is 578. The summed E-state index contributed by atoms with van der Waals surface area (Å²) in [6.07, 6.45) is 0.483. The van der Waals surface area contributed by atoms with Crippen LogP contribution in [0.15, 0.2) is 29.2 Å². The maximum Gasteiger partial charge on any atom is 0.179 e. The molecule has 1 aromatic carbocycles. The Labute approximate surface area is 125 Å². The predicted molar refractivity (Wildman–Crippen MR) is 78.4 cm³/mol. The van der Waals surface area contributed by atoms with Crippen LogP contribution in [0.25, 0.3) is 0 Å². The minimum atomic E-state index is -3.47. The molecule has 3 N–H and O–H groups in total. The molecule has 0 saturated carbocycles. The van der Waals surface area contributed by atoms with E-state index in [0.29, 0.717) is 12.0 Å². The number of benzene rings is 1. The van der Waals surface area contributed by atoms with Gasteiger partial charge in [-0.3, -0.25) is 0 Å². The van der Waals surface area contributed by atoms with Crippen molar-refractivity contribution in [2.75, 3.05) is 25.5 Å². The Hall–Kier alpha value is -1.46. The number of aliphatic hydroxyl groups excluding tert-OH is 2. The number of aliphatic hydroxyl groups is 2. The molecule has 0 amide bonds. The molecule has 1 rings (SSSR count). The molecule has 0 fully saturated rings. The summed E-state index contributed by atoms with van der Waals surface area (Å²) in [5.74, 6) is -0.152. The van der Waals surface area contributed by atoms with Crippen LogP contribution in [0.5, 0.6) is 0 Å². The van der Waals surface area contributed by atoms with Crippen LogP contribution < -0.4 is 5.32 Å². The van der Waals surface area contributed by atoms with E-state index in [2.05, 4.69) is 5.32 Å². The monoisotopic (exact) mass is 312 g/mol. The highest BCUT2D eigenvalue weighted by atomic mass is 32.2. The second-order valence-electron chi connectivity index (χ2n) is 4.83. The van der Waals surface area contributed by atoms with Crippen LogP contribution >= 0.6 is 0 Å². The fourth-order valence-electron chi connectivity index (χ4n) is 1.82. The van der Waals surface area contributed by atoms with Gasteiger partial charge in [-0.15, -0.1) is 0 Å². The molecule has 1 aromatic rings. The number of nitrogens with one attached hydrogen (secondary N) is 1. The molecule has 0 saturated heterocycles. The molecule has 21 heavy (non-hydrogen) atoms. The summed E-state index contributed by atoms with van der Waals surface area (Å²) in [6.45, 7) is 1.39. The molecule has 0 spiro atoms. The van der Waals surface area contributed by atoms with Crippen LogP contribution in [-0.4, -0.2) is 49.7 Å². The van der Waals surface area contributed by atoms with Crippen molar-refractivity contribution in [3.63, 3.8) is 0 Å². The molecule has 0 unspecified atom stereocenters. The van der Waals surface area contributed by atoms with Gasteiger partial charge < -0.3 is 15.5 Å². The normalized spacial score (nSPS) is 12.1. The molecule has 0 atom stereocenters. The molecular weight excluding hydrogens is 292 g/mol. The zero-order chi connectivity index (χ0) is 15.9. The van der Waals surface area contributed by atoms with E-state index < -0.39 is 15.4 Å². The van der Waals surface area contributed by atoms with E-state index >= 15 is 0 Å². The van der Waals surface area contributed by atoms with Crippen LogP contribution in [0.1, 0.15) is 18.9 Å². The Kier molecular flexibility index (Phi) is 6.30. The van der Waals surface area contributed by atoms with Gasteiger partial charge in [0.15, 0.2) is 9.84 Å². The van der Waals surface area contributed by atoms with Gasteiger partial charge in [-0.2, -0.15) is 5.26 Å². The third-order valence-electron chi connectivity index (χ3n) is 3.50. The van der Waals surface area contributed by atoms with Crippen molar-refractivity contribution in [2.24, 2.45) is 0 Å². The van der Waals surface area contributed by atoms with Crippen LogP contribution in [0.3, 0.4) is 0 Å². The minimum absolute atomic E-state index is 0.122. The van der Waals surface area contributed by atoms with Crippen molar-refractivity contribution >= 4 is 9.84 Å². The first kappa shape index (κ1) is 17.6. The highest BCUT2D eigenvalue weighted by Gasteiger charge is 2.26. The van der Waals surface area contributed by atoms with E-state index in [-0.39, 0.29) is 30.4 Å². The first-order valence-electron chi connectivity index (χ1n) is 6.62. The molecular formula is C14H20N2O4S. The highest BCUT2D eigenvalue weighted by Crippen LogP contribution is 2.13. The molecule has 6 nitrogen and oxygen atoms in total. The lowest BCUT2D eigenvalue weighted by atomic mass is 9.99. The van der Waals surface area contributed by atoms with Gasteiger partial charge >= 0.3 is 0 Å². The zero-order valence-electron chi connectivity index (χ0n) is 11.9. The van der Waals surface area contributed by atoms with Gasteiger partial charge in [0.2, 0.25) is 0 Å².